The van der Waals surface area contributed by atoms with Gasteiger partial charge >= 0.3 is 0 Å². The van der Waals surface area contributed by atoms with Gasteiger partial charge in [-0.25, -0.2) is 0 Å². The van der Waals surface area contributed by atoms with E-state index in [-0.39, 0.29) is 5.91 Å². The minimum absolute atomic E-state index is 0.0599. The Labute approximate surface area is 61.3 Å². The van der Waals surface area contributed by atoms with Gasteiger partial charge in [-0.1, -0.05) is 19.4 Å². The zero-order valence-corrected chi connectivity index (χ0v) is 6.26. The normalized spacial score (nSPS) is 24.5. The maximum Gasteiger partial charge on any atom is 0.243 e. The smallest absolute Gasteiger partial charge is 0.243 e. The number of carbonyl (C=O) groups is 1. The van der Waals surface area contributed by atoms with Crippen LogP contribution < -0.4 is 5.32 Å². The Hall–Kier alpha value is -0.790. The van der Waals surface area contributed by atoms with Crippen molar-refractivity contribution in [2.24, 2.45) is 0 Å². The Bertz CT molecular complexity index is 151. The highest BCUT2D eigenvalue weighted by Gasteiger charge is 2.11. The quantitative estimate of drug-likeness (QED) is 0.612. The molecule has 0 aromatic carbocycles. The summed E-state index contributed by atoms with van der Waals surface area (Å²) in [7, 11) is 0. The number of hydrogen-bond donors (Lipinski definition) is 1. The van der Waals surface area contributed by atoms with Crippen molar-refractivity contribution < 1.29 is 4.79 Å². The monoisotopic (exact) mass is 139 g/mol. The van der Waals surface area contributed by atoms with Crippen molar-refractivity contribution in [1.29, 1.82) is 0 Å². The highest BCUT2D eigenvalue weighted by atomic mass is 16.1. The second-order valence-electron chi connectivity index (χ2n) is 2.63. The Morgan fingerprint density at radius 1 is 1.80 bits per heavy atom. The van der Waals surface area contributed by atoms with E-state index in [2.05, 4.69) is 12.2 Å². The minimum Gasteiger partial charge on any atom is -0.350 e. The average Bonchev–Trinajstić information content (AvgIpc) is 1.88. The van der Waals surface area contributed by atoms with Gasteiger partial charge in [-0.2, -0.15) is 0 Å². The van der Waals surface area contributed by atoms with Crippen molar-refractivity contribution in [3.63, 3.8) is 0 Å². The van der Waals surface area contributed by atoms with Crippen LogP contribution in [0.2, 0.25) is 0 Å². The molecule has 0 radical (unpaired) electrons. The van der Waals surface area contributed by atoms with Crippen LogP contribution in [0.1, 0.15) is 26.2 Å². The van der Waals surface area contributed by atoms with Gasteiger partial charge < -0.3 is 5.32 Å². The van der Waals surface area contributed by atoms with Crippen LogP contribution >= 0.6 is 0 Å². The van der Waals surface area contributed by atoms with Crippen molar-refractivity contribution in [3.8, 4) is 0 Å². The molecular formula is C8H13NO. The van der Waals surface area contributed by atoms with Crippen LogP contribution in [0.15, 0.2) is 12.2 Å². The summed E-state index contributed by atoms with van der Waals surface area (Å²) in [5, 5.41) is 2.89. The van der Waals surface area contributed by atoms with Crippen LogP contribution in [-0.2, 0) is 4.79 Å². The largest absolute Gasteiger partial charge is 0.350 e. The summed E-state index contributed by atoms with van der Waals surface area (Å²) < 4.78 is 0. The third-order valence-electron chi connectivity index (χ3n) is 1.67. The van der Waals surface area contributed by atoms with Gasteiger partial charge in [-0.05, 0) is 18.9 Å². The van der Waals surface area contributed by atoms with Crippen molar-refractivity contribution in [2.45, 2.75) is 32.2 Å². The van der Waals surface area contributed by atoms with E-state index >= 15 is 0 Å². The molecular weight excluding hydrogens is 126 g/mol. The Kier molecular flexibility index (Phi) is 2.49. The maximum atomic E-state index is 10.8. The zero-order valence-electron chi connectivity index (χ0n) is 6.26. The molecule has 0 aromatic rings. The van der Waals surface area contributed by atoms with E-state index in [1.54, 1.807) is 6.08 Å². The van der Waals surface area contributed by atoms with Crippen LogP contribution in [0.5, 0.6) is 0 Å². The molecule has 0 spiro atoms. The molecule has 2 heteroatoms. The molecule has 0 aliphatic carbocycles. The van der Waals surface area contributed by atoms with Gasteiger partial charge in [-0.15, -0.1) is 0 Å². The summed E-state index contributed by atoms with van der Waals surface area (Å²) in [6.07, 6.45) is 6.78. The van der Waals surface area contributed by atoms with Gasteiger partial charge in [0.15, 0.2) is 0 Å². The minimum atomic E-state index is 0.0599. The van der Waals surface area contributed by atoms with Crippen molar-refractivity contribution in [2.75, 3.05) is 0 Å². The maximum absolute atomic E-state index is 10.8. The van der Waals surface area contributed by atoms with E-state index in [9.17, 15) is 4.79 Å². The van der Waals surface area contributed by atoms with Gasteiger partial charge in [-0.3, -0.25) is 4.79 Å². The second kappa shape index (κ2) is 3.40. The van der Waals surface area contributed by atoms with Gasteiger partial charge in [0.2, 0.25) is 5.91 Å². The number of nitrogens with one attached hydrogen (secondary N) is 1. The highest BCUT2D eigenvalue weighted by Crippen LogP contribution is 2.05. The van der Waals surface area contributed by atoms with Crippen molar-refractivity contribution in [1.82, 2.24) is 5.32 Å². The molecule has 1 atom stereocenters. The Morgan fingerprint density at radius 2 is 2.60 bits per heavy atom. The molecule has 1 rings (SSSR count). The Balaban J connectivity index is 2.36. The fourth-order valence-corrected chi connectivity index (χ4v) is 1.19. The molecule has 1 aliphatic rings. The van der Waals surface area contributed by atoms with Crippen LogP contribution in [0.3, 0.4) is 0 Å². The van der Waals surface area contributed by atoms with Gasteiger partial charge in [0, 0.05) is 6.04 Å². The van der Waals surface area contributed by atoms with Crippen molar-refractivity contribution in [3.05, 3.63) is 12.2 Å². The molecule has 56 valence electrons. The molecule has 1 N–H and O–H groups in total. The molecule has 0 bridgehead atoms. The molecule has 0 aromatic heterocycles. The molecule has 0 fully saturated rings. The van der Waals surface area contributed by atoms with E-state index in [4.69, 9.17) is 0 Å². The lowest BCUT2D eigenvalue weighted by Crippen LogP contribution is -2.35. The predicted molar refractivity (Wildman–Crippen MR) is 40.6 cm³/mol. The summed E-state index contributed by atoms with van der Waals surface area (Å²) in [6.45, 7) is 2.13. The molecule has 0 saturated carbocycles. The zero-order chi connectivity index (χ0) is 7.40. The lowest BCUT2D eigenvalue weighted by atomic mass is 10.1. The molecule has 10 heavy (non-hydrogen) atoms. The van der Waals surface area contributed by atoms with E-state index in [0.717, 1.165) is 19.3 Å². The second-order valence-corrected chi connectivity index (χ2v) is 2.63. The van der Waals surface area contributed by atoms with E-state index < -0.39 is 0 Å². The fraction of sp³-hybridized carbons (Fsp3) is 0.625. The molecule has 1 heterocycles. The van der Waals surface area contributed by atoms with Crippen LogP contribution in [0.4, 0.5) is 0 Å². The Morgan fingerprint density at radius 3 is 3.20 bits per heavy atom. The lowest BCUT2D eigenvalue weighted by Gasteiger charge is -2.18. The number of rotatable bonds is 2. The number of amides is 1. The predicted octanol–water partition coefficient (Wildman–Crippen LogP) is 1.23. The third kappa shape index (κ3) is 1.87. The molecule has 1 aliphatic heterocycles. The molecule has 1 amide bonds. The first kappa shape index (κ1) is 7.32. The van der Waals surface area contributed by atoms with E-state index in [0.29, 0.717) is 6.04 Å². The number of hydrogen-bond acceptors (Lipinski definition) is 1. The first-order chi connectivity index (χ1) is 4.83. The number of carbonyl (C=O) groups excluding carboxylic acids is 1. The van der Waals surface area contributed by atoms with Gasteiger partial charge in [0.25, 0.3) is 0 Å². The standard InChI is InChI=1S/C8H13NO/c1-2-4-7-5-3-6-8(10)9-7/h3,6-7H,2,4-5H2,1H3,(H,9,10)/t7-/m1/s1. The van der Waals surface area contributed by atoms with Crippen LogP contribution in [-0.4, -0.2) is 11.9 Å². The van der Waals surface area contributed by atoms with Gasteiger partial charge in [0.1, 0.15) is 0 Å². The van der Waals surface area contributed by atoms with Gasteiger partial charge in [0.05, 0.1) is 0 Å². The SMILES string of the molecule is CCC[C@@H]1CC=CC(=O)N1. The average molecular weight is 139 g/mol. The molecule has 2 nitrogen and oxygen atoms in total. The van der Waals surface area contributed by atoms with E-state index in [1.165, 1.54) is 0 Å². The summed E-state index contributed by atoms with van der Waals surface area (Å²) in [5.41, 5.74) is 0. The summed E-state index contributed by atoms with van der Waals surface area (Å²) in [4.78, 5) is 10.8. The first-order valence-corrected chi connectivity index (χ1v) is 3.80. The topological polar surface area (TPSA) is 29.1 Å². The van der Waals surface area contributed by atoms with Crippen LogP contribution in [0, 0.1) is 0 Å². The molecule has 0 saturated heterocycles. The third-order valence-corrected chi connectivity index (χ3v) is 1.67. The summed E-state index contributed by atoms with van der Waals surface area (Å²) in [5.74, 6) is 0.0599. The molecule has 0 unspecified atom stereocenters. The lowest BCUT2D eigenvalue weighted by molar-refractivity contribution is -0.117. The van der Waals surface area contributed by atoms with Crippen molar-refractivity contribution >= 4 is 5.91 Å². The summed E-state index contributed by atoms with van der Waals surface area (Å²) >= 11 is 0. The highest BCUT2D eigenvalue weighted by molar-refractivity contribution is 5.88. The first-order valence-electron chi connectivity index (χ1n) is 3.80. The van der Waals surface area contributed by atoms with E-state index in [1.807, 2.05) is 6.08 Å². The van der Waals surface area contributed by atoms with Crippen LogP contribution in [0.25, 0.3) is 0 Å². The summed E-state index contributed by atoms with van der Waals surface area (Å²) in [6, 6.07) is 0.391. The fourth-order valence-electron chi connectivity index (χ4n) is 1.19.